The predicted molar refractivity (Wildman–Crippen MR) is 119 cm³/mol. The second kappa shape index (κ2) is 10.0. The number of pyridine rings is 1. The summed E-state index contributed by atoms with van der Waals surface area (Å²) in [7, 11) is 0. The number of hydrogen-bond donors (Lipinski definition) is 3. The number of nitrogen functional groups attached to an aromatic ring is 1. The number of hydrogen-bond acceptors (Lipinski definition) is 6. The maximum atomic E-state index is 12.9. The minimum Gasteiger partial charge on any atom is -0.384 e. The lowest BCUT2D eigenvalue weighted by molar-refractivity contribution is -0.124. The van der Waals surface area contributed by atoms with E-state index in [9.17, 15) is 14.4 Å². The number of aryl methyl sites for hydroxylation is 2. The Morgan fingerprint density at radius 3 is 2.87 bits per heavy atom. The van der Waals surface area contributed by atoms with E-state index in [0.717, 1.165) is 36.0 Å². The molecule has 164 valence electrons. The Balaban J connectivity index is 1.77. The molecule has 2 aromatic heterocycles. The van der Waals surface area contributed by atoms with Crippen LogP contribution in [0, 0.1) is 6.92 Å². The molecule has 0 spiro atoms. The van der Waals surface area contributed by atoms with E-state index in [2.05, 4.69) is 27.5 Å². The van der Waals surface area contributed by atoms with Crippen LogP contribution in [0.1, 0.15) is 55.6 Å². The molecule has 1 unspecified atom stereocenters. The van der Waals surface area contributed by atoms with Crippen molar-refractivity contribution in [3.8, 4) is 0 Å². The van der Waals surface area contributed by atoms with Gasteiger partial charge in [0.1, 0.15) is 23.4 Å². The van der Waals surface area contributed by atoms with Gasteiger partial charge in [-0.3, -0.25) is 19.0 Å². The first-order valence-electron chi connectivity index (χ1n) is 10.4. The van der Waals surface area contributed by atoms with E-state index in [0.29, 0.717) is 37.4 Å². The van der Waals surface area contributed by atoms with E-state index in [1.54, 1.807) is 6.20 Å². The van der Waals surface area contributed by atoms with E-state index in [4.69, 9.17) is 5.73 Å². The van der Waals surface area contributed by atoms with Gasteiger partial charge < -0.3 is 16.4 Å². The van der Waals surface area contributed by atoms with Gasteiger partial charge in [0.15, 0.2) is 0 Å². The highest BCUT2D eigenvalue weighted by Crippen LogP contribution is 2.23. The van der Waals surface area contributed by atoms with Crippen molar-refractivity contribution in [2.45, 2.75) is 52.0 Å². The lowest BCUT2D eigenvalue weighted by Gasteiger charge is -2.16. The molecular formula is C22H28N6O3. The molecule has 31 heavy (non-hydrogen) atoms. The third-order valence-electron chi connectivity index (χ3n) is 5.41. The molecule has 0 aromatic carbocycles. The molecule has 1 atom stereocenters. The molecule has 9 nitrogen and oxygen atoms in total. The highest BCUT2D eigenvalue weighted by Gasteiger charge is 2.31. The monoisotopic (exact) mass is 424 g/mol. The van der Waals surface area contributed by atoms with E-state index < -0.39 is 11.6 Å². The summed E-state index contributed by atoms with van der Waals surface area (Å²) in [5.74, 6) is 0.785. The van der Waals surface area contributed by atoms with Gasteiger partial charge in [-0.1, -0.05) is 25.0 Å². The fraction of sp³-hybridized carbons (Fsp3) is 0.409. The summed E-state index contributed by atoms with van der Waals surface area (Å²) in [6.45, 7) is 4.47. The molecule has 3 heterocycles. The molecule has 0 aliphatic carbocycles. The molecule has 2 aromatic rings. The predicted octanol–water partition coefficient (Wildman–Crippen LogP) is 1.97. The van der Waals surface area contributed by atoms with Crippen LogP contribution in [-0.4, -0.2) is 33.4 Å². The Bertz CT molecular complexity index is 1060. The van der Waals surface area contributed by atoms with Crippen molar-refractivity contribution in [2.75, 3.05) is 17.6 Å². The SMILES string of the molecule is CCCC/C(=C\c1cnc(N)cc1C)CNC(=O)C1CCc2ncc(NC=O)c(=O)n21. The first-order valence-corrected chi connectivity index (χ1v) is 10.4. The third kappa shape index (κ3) is 5.17. The van der Waals surface area contributed by atoms with Gasteiger partial charge in [-0.05, 0) is 43.4 Å². The Kier molecular flexibility index (Phi) is 7.17. The smallest absolute Gasteiger partial charge is 0.278 e. The summed E-state index contributed by atoms with van der Waals surface area (Å²) in [5, 5.41) is 5.32. The fourth-order valence-corrected chi connectivity index (χ4v) is 3.71. The number of unbranched alkanes of at least 4 members (excludes halogenated alkanes) is 1. The van der Waals surface area contributed by atoms with Gasteiger partial charge in [0, 0.05) is 19.2 Å². The highest BCUT2D eigenvalue weighted by molar-refractivity contribution is 5.81. The summed E-state index contributed by atoms with van der Waals surface area (Å²) >= 11 is 0. The maximum Gasteiger partial charge on any atom is 0.278 e. The molecule has 0 saturated heterocycles. The van der Waals surface area contributed by atoms with Gasteiger partial charge in [-0.25, -0.2) is 9.97 Å². The number of nitrogens with one attached hydrogen (secondary N) is 2. The highest BCUT2D eigenvalue weighted by atomic mass is 16.2. The van der Waals surface area contributed by atoms with Crippen LogP contribution in [0.25, 0.3) is 6.08 Å². The molecule has 3 rings (SSSR count). The van der Waals surface area contributed by atoms with Crippen LogP contribution < -0.4 is 21.9 Å². The number of fused-ring (bicyclic) bond motifs is 1. The average Bonchev–Trinajstić information content (AvgIpc) is 3.18. The minimum absolute atomic E-state index is 0.0632. The molecule has 0 bridgehead atoms. The summed E-state index contributed by atoms with van der Waals surface area (Å²) < 4.78 is 1.38. The number of anilines is 2. The Labute approximate surface area is 180 Å². The molecule has 0 fully saturated rings. The number of amides is 2. The Morgan fingerprint density at radius 1 is 1.35 bits per heavy atom. The summed E-state index contributed by atoms with van der Waals surface area (Å²) in [6.07, 6.45) is 9.44. The largest absolute Gasteiger partial charge is 0.384 e. The number of carbonyl (C=O) groups excluding carboxylic acids is 2. The van der Waals surface area contributed by atoms with Crippen LogP contribution in [-0.2, 0) is 16.0 Å². The van der Waals surface area contributed by atoms with E-state index in [1.807, 2.05) is 19.1 Å². The normalized spacial score (nSPS) is 15.4. The lowest BCUT2D eigenvalue weighted by Crippen LogP contribution is -2.37. The lowest BCUT2D eigenvalue weighted by atomic mass is 10.0. The number of carbonyl (C=O) groups is 2. The van der Waals surface area contributed by atoms with Crippen LogP contribution in [0.15, 0.2) is 28.8 Å². The number of aromatic nitrogens is 3. The average molecular weight is 425 g/mol. The van der Waals surface area contributed by atoms with E-state index in [-0.39, 0.29) is 11.6 Å². The zero-order valence-corrected chi connectivity index (χ0v) is 17.9. The second-order valence-corrected chi connectivity index (χ2v) is 7.67. The quantitative estimate of drug-likeness (QED) is 0.527. The van der Waals surface area contributed by atoms with Gasteiger partial charge >= 0.3 is 0 Å². The van der Waals surface area contributed by atoms with E-state index in [1.165, 1.54) is 10.8 Å². The molecule has 0 radical (unpaired) electrons. The summed E-state index contributed by atoms with van der Waals surface area (Å²) in [5.41, 5.74) is 8.45. The molecule has 9 heteroatoms. The fourth-order valence-electron chi connectivity index (χ4n) is 3.71. The van der Waals surface area contributed by atoms with Gasteiger partial charge in [0.25, 0.3) is 5.56 Å². The van der Waals surface area contributed by atoms with Crippen molar-refractivity contribution in [3.63, 3.8) is 0 Å². The Morgan fingerprint density at radius 2 is 2.16 bits per heavy atom. The first kappa shape index (κ1) is 22.2. The van der Waals surface area contributed by atoms with Crippen molar-refractivity contribution < 1.29 is 9.59 Å². The molecule has 4 N–H and O–H groups in total. The van der Waals surface area contributed by atoms with Crippen LogP contribution in [0.3, 0.4) is 0 Å². The van der Waals surface area contributed by atoms with Gasteiger partial charge in [0.05, 0.1) is 6.20 Å². The standard InChI is InChI=1S/C22H28N6O3/c1-3-4-5-15(9-16-11-24-19(23)8-14(16)2)10-26-21(30)18-6-7-20-25-12-17(27-13-29)22(31)28(18)20/h8-9,11-13,18H,3-7,10H2,1-2H3,(H2,23,24)(H,26,30)(H,27,29)/b15-9+. The van der Waals surface area contributed by atoms with Crippen molar-refractivity contribution in [1.29, 1.82) is 0 Å². The second-order valence-electron chi connectivity index (χ2n) is 7.67. The van der Waals surface area contributed by atoms with Crippen LogP contribution in [0.5, 0.6) is 0 Å². The Hall–Kier alpha value is -3.49. The van der Waals surface area contributed by atoms with Gasteiger partial charge in [-0.15, -0.1) is 0 Å². The van der Waals surface area contributed by atoms with E-state index >= 15 is 0 Å². The number of rotatable bonds is 9. The minimum atomic E-state index is -0.643. The molecule has 1 aliphatic rings. The van der Waals surface area contributed by atoms with Crippen LogP contribution in [0.4, 0.5) is 11.5 Å². The van der Waals surface area contributed by atoms with Crippen LogP contribution >= 0.6 is 0 Å². The molecular weight excluding hydrogens is 396 g/mol. The zero-order valence-electron chi connectivity index (χ0n) is 17.9. The van der Waals surface area contributed by atoms with Crippen molar-refractivity contribution in [2.24, 2.45) is 0 Å². The van der Waals surface area contributed by atoms with Crippen molar-refractivity contribution in [1.82, 2.24) is 19.9 Å². The summed E-state index contributed by atoms with van der Waals surface area (Å²) in [6, 6.07) is 1.18. The molecule has 1 aliphatic heterocycles. The zero-order chi connectivity index (χ0) is 22.4. The van der Waals surface area contributed by atoms with Crippen molar-refractivity contribution in [3.05, 3.63) is 51.3 Å². The van der Waals surface area contributed by atoms with Crippen molar-refractivity contribution >= 4 is 29.9 Å². The molecule has 0 saturated carbocycles. The maximum absolute atomic E-state index is 12.9. The van der Waals surface area contributed by atoms with Crippen LogP contribution in [0.2, 0.25) is 0 Å². The summed E-state index contributed by atoms with van der Waals surface area (Å²) in [4.78, 5) is 44.7. The number of nitrogens with zero attached hydrogens (tertiary/aromatic N) is 3. The number of nitrogens with two attached hydrogens (primary N) is 1. The molecule has 2 amide bonds. The topological polar surface area (TPSA) is 132 Å². The first-order chi connectivity index (χ1) is 14.9. The van der Waals surface area contributed by atoms with Gasteiger partial charge in [-0.2, -0.15) is 0 Å². The van der Waals surface area contributed by atoms with Gasteiger partial charge in [0.2, 0.25) is 12.3 Å². The third-order valence-corrected chi connectivity index (χ3v) is 5.41.